The third-order valence-electron chi connectivity index (χ3n) is 3.99. The first-order chi connectivity index (χ1) is 13.9. The lowest BCUT2D eigenvalue weighted by Crippen LogP contribution is -2.15. The molecule has 3 aromatic rings. The molecule has 1 aromatic carbocycles. The van der Waals surface area contributed by atoms with Crippen molar-refractivity contribution in [2.45, 2.75) is 13.3 Å². The maximum absolute atomic E-state index is 12.8. The van der Waals surface area contributed by atoms with Crippen LogP contribution in [-0.2, 0) is 16.0 Å². The number of carbonyl (C=O) groups is 3. The molecular weight excluding hydrogens is 432 g/mol. The molecule has 0 aliphatic carbocycles. The van der Waals surface area contributed by atoms with Crippen molar-refractivity contribution in [1.82, 2.24) is 0 Å². The minimum absolute atomic E-state index is 0.174. The van der Waals surface area contributed by atoms with Crippen molar-refractivity contribution in [3.8, 4) is 0 Å². The van der Waals surface area contributed by atoms with E-state index in [4.69, 9.17) is 16.3 Å². The molecule has 2 aromatic heterocycles. The molecule has 29 heavy (non-hydrogen) atoms. The molecule has 0 unspecified atom stereocenters. The SMILES string of the molecule is COC(=O)c1c(NC(=O)Cc2cccs2)sc(C(=O)Nc2cccc(Cl)c2)c1C. The minimum Gasteiger partial charge on any atom is -0.465 e. The Labute approximate surface area is 180 Å². The highest BCUT2D eigenvalue weighted by Crippen LogP contribution is 2.34. The summed E-state index contributed by atoms with van der Waals surface area (Å²) in [5.41, 5.74) is 1.14. The summed E-state index contributed by atoms with van der Waals surface area (Å²) in [5.74, 6) is -1.30. The van der Waals surface area contributed by atoms with Crippen molar-refractivity contribution in [1.29, 1.82) is 0 Å². The molecule has 9 heteroatoms. The normalized spacial score (nSPS) is 10.4. The molecule has 0 bridgehead atoms. The monoisotopic (exact) mass is 448 g/mol. The molecule has 0 aliphatic heterocycles. The molecule has 0 aliphatic rings. The van der Waals surface area contributed by atoms with Crippen LogP contribution in [0.4, 0.5) is 10.7 Å². The largest absolute Gasteiger partial charge is 0.465 e. The molecule has 6 nitrogen and oxygen atoms in total. The fourth-order valence-corrected chi connectivity index (χ4v) is 4.66. The van der Waals surface area contributed by atoms with E-state index in [1.807, 2.05) is 17.5 Å². The summed E-state index contributed by atoms with van der Waals surface area (Å²) < 4.78 is 4.84. The second kappa shape index (κ2) is 9.21. The Bertz CT molecular complexity index is 1060. The number of thiophene rings is 2. The molecule has 2 heterocycles. The van der Waals surface area contributed by atoms with Crippen LogP contribution >= 0.6 is 34.3 Å². The van der Waals surface area contributed by atoms with Gasteiger partial charge in [0.15, 0.2) is 0 Å². The molecular formula is C20H17ClN2O4S2. The number of amides is 2. The van der Waals surface area contributed by atoms with Crippen molar-refractivity contribution in [3.05, 3.63) is 67.7 Å². The van der Waals surface area contributed by atoms with Gasteiger partial charge in [-0.3, -0.25) is 9.59 Å². The second-order valence-electron chi connectivity index (χ2n) is 6.02. The van der Waals surface area contributed by atoms with Gasteiger partial charge in [0, 0.05) is 15.6 Å². The van der Waals surface area contributed by atoms with E-state index in [1.54, 1.807) is 31.2 Å². The van der Waals surface area contributed by atoms with Crippen LogP contribution < -0.4 is 10.6 Å². The average molecular weight is 449 g/mol. The first-order valence-corrected chi connectivity index (χ1v) is 10.6. The lowest BCUT2D eigenvalue weighted by atomic mass is 10.1. The number of benzene rings is 1. The van der Waals surface area contributed by atoms with Gasteiger partial charge in [0.25, 0.3) is 5.91 Å². The molecule has 0 saturated carbocycles. The maximum Gasteiger partial charge on any atom is 0.341 e. The third-order valence-corrected chi connectivity index (χ3v) is 6.31. The Morgan fingerprint density at radius 3 is 2.59 bits per heavy atom. The number of ether oxygens (including phenoxy) is 1. The number of rotatable bonds is 6. The second-order valence-corrected chi connectivity index (χ2v) is 8.51. The summed E-state index contributed by atoms with van der Waals surface area (Å²) in [6, 6.07) is 10.5. The number of esters is 1. The van der Waals surface area contributed by atoms with Crippen molar-refractivity contribution >= 4 is 62.7 Å². The molecule has 0 saturated heterocycles. The summed E-state index contributed by atoms with van der Waals surface area (Å²) in [6.45, 7) is 1.64. The van der Waals surface area contributed by atoms with Gasteiger partial charge in [-0.2, -0.15) is 0 Å². The van der Waals surface area contributed by atoms with E-state index in [0.29, 0.717) is 21.2 Å². The van der Waals surface area contributed by atoms with Crippen LogP contribution in [0.1, 0.15) is 30.5 Å². The van der Waals surface area contributed by atoms with Gasteiger partial charge in [-0.05, 0) is 42.1 Å². The zero-order valence-corrected chi connectivity index (χ0v) is 18.0. The zero-order chi connectivity index (χ0) is 21.0. The maximum atomic E-state index is 12.8. The highest BCUT2D eigenvalue weighted by Gasteiger charge is 2.26. The van der Waals surface area contributed by atoms with E-state index < -0.39 is 11.9 Å². The van der Waals surface area contributed by atoms with Crippen molar-refractivity contribution in [3.63, 3.8) is 0 Å². The van der Waals surface area contributed by atoms with Crippen LogP contribution in [0.15, 0.2) is 41.8 Å². The van der Waals surface area contributed by atoms with Crippen LogP contribution in [-0.4, -0.2) is 24.9 Å². The Morgan fingerprint density at radius 2 is 1.93 bits per heavy atom. The zero-order valence-electron chi connectivity index (χ0n) is 15.6. The van der Waals surface area contributed by atoms with Crippen molar-refractivity contribution in [2.24, 2.45) is 0 Å². The molecule has 2 amide bonds. The lowest BCUT2D eigenvalue weighted by molar-refractivity contribution is -0.115. The number of hydrogen-bond donors (Lipinski definition) is 2. The molecule has 2 N–H and O–H groups in total. The van der Waals surface area contributed by atoms with Gasteiger partial charge in [0.05, 0.1) is 24.0 Å². The van der Waals surface area contributed by atoms with Crippen LogP contribution in [0.3, 0.4) is 0 Å². The summed E-state index contributed by atoms with van der Waals surface area (Å²) in [6.07, 6.45) is 0.180. The van der Waals surface area contributed by atoms with Crippen molar-refractivity contribution in [2.75, 3.05) is 17.7 Å². The van der Waals surface area contributed by atoms with Gasteiger partial charge in [-0.25, -0.2) is 4.79 Å². The van der Waals surface area contributed by atoms with E-state index >= 15 is 0 Å². The van der Waals surface area contributed by atoms with Crippen LogP contribution in [0.5, 0.6) is 0 Å². The minimum atomic E-state index is -0.619. The van der Waals surface area contributed by atoms with E-state index in [9.17, 15) is 14.4 Å². The van der Waals surface area contributed by atoms with Crippen molar-refractivity contribution < 1.29 is 19.1 Å². The quantitative estimate of drug-likeness (QED) is 0.520. The van der Waals surface area contributed by atoms with E-state index in [1.165, 1.54) is 18.4 Å². The van der Waals surface area contributed by atoms with Gasteiger partial charge < -0.3 is 15.4 Å². The number of carbonyl (C=O) groups excluding carboxylic acids is 3. The summed E-state index contributed by atoms with van der Waals surface area (Å²) in [5, 5.41) is 8.15. The predicted octanol–water partition coefficient (Wildman–Crippen LogP) is 4.99. The van der Waals surface area contributed by atoms with Crippen LogP contribution in [0.2, 0.25) is 5.02 Å². The molecule has 0 fully saturated rings. The fourth-order valence-electron chi connectivity index (χ4n) is 2.66. The number of halogens is 1. The summed E-state index contributed by atoms with van der Waals surface area (Å²) in [7, 11) is 1.25. The molecule has 0 radical (unpaired) electrons. The topological polar surface area (TPSA) is 84.5 Å². The number of anilines is 2. The van der Waals surface area contributed by atoms with E-state index in [0.717, 1.165) is 16.2 Å². The Morgan fingerprint density at radius 1 is 1.14 bits per heavy atom. The van der Waals surface area contributed by atoms with Gasteiger partial charge in [0.1, 0.15) is 5.00 Å². The van der Waals surface area contributed by atoms with Gasteiger partial charge >= 0.3 is 5.97 Å². The Hall–Kier alpha value is -2.68. The van der Waals surface area contributed by atoms with Crippen LogP contribution in [0, 0.1) is 6.92 Å². The standard InChI is InChI=1S/C20H17ClN2O4S2/c1-11-16(20(26)27-2)19(23-15(24)10-14-7-4-8-28-14)29-17(11)18(25)22-13-6-3-5-12(21)9-13/h3-9H,10H2,1-2H3,(H,22,25)(H,23,24). The lowest BCUT2D eigenvalue weighted by Gasteiger charge is -2.05. The molecule has 150 valence electrons. The smallest absolute Gasteiger partial charge is 0.341 e. The summed E-state index contributed by atoms with van der Waals surface area (Å²) in [4.78, 5) is 38.6. The first kappa shape index (κ1) is 21.0. The Balaban J connectivity index is 1.87. The van der Waals surface area contributed by atoms with Crippen LogP contribution in [0.25, 0.3) is 0 Å². The predicted molar refractivity (Wildman–Crippen MR) is 116 cm³/mol. The first-order valence-electron chi connectivity index (χ1n) is 8.50. The molecule has 0 atom stereocenters. The van der Waals surface area contributed by atoms with Gasteiger partial charge in [-0.15, -0.1) is 22.7 Å². The summed E-state index contributed by atoms with van der Waals surface area (Å²) >= 11 is 8.45. The van der Waals surface area contributed by atoms with Gasteiger partial charge in [0.2, 0.25) is 5.91 Å². The highest BCUT2D eigenvalue weighted by molar-refractivity contribution is 7.19. The molecule has 3 rings (SSSR count). The van der Waals surface area contributed by atoms with E-state index in [2.05, 4.69) is 10.6 Å². The Kier molecular flexibility index (Phi) is 6.68. The highest BCUT2D eigenvalue weighted by atomic mass is 35.5. The number of nitrogens with one attached hydrogen (secondary N) is 2. The van der Waals surface area contributed by atoms with Gasteiger partial charge in [-0.1, -0.05) is 23.7 Å². The average Bonchev–Trinajstić information content (AvgIpc) is 3.29. The number of methoxy groups -OCH3 is 1. The molecule has 0 spiro atoms. The number of hydrogen-bond acceptors (Lipinski definition) is 6. The third kappa shape index (κ3) is 5.03. The fraction of sp³-hybridized carbons (Fsp3) is 0.150. The van der Waals surface area contributed by atoms with E-state index in [-0.39, 0.29) is 22.9 Å².